The molecule has 0 saturated heterocycles. The van der Waals surface area contributed by atoms with Gasteiger partial charge in [0.15, 0.2) is 0 Å². The number of aromatic nitrogens is 1. The van der Waals surface area contributed by atoms with E-state index in [9.17, 15) is 18.0 Å². The van der Waals surface area contributed by atoms with Gasteiger partial charge in [-0.1, -0.05) is 6.07 Å². The Labute approximate surface area is 140 Å². The van der Waals surface area contributed by atoms with E-state index in [1.54, 1.807) is 5.38 Å². The molecule has 24 heavy (non-hydrogen) atoms. The van der Waals surface area contributed by atoms with Crippen molar-refractivity contribution in [3.63, 3.8) is 0 Å². The van der Waals surface area contributed by atoms with Crippen LogP contribution in [0, 0.1) is 0 Å². The van der Waals surface area contributed by atoms with Crippen molar-refractivity contribution in [2.45, 2.75) is 12.6 Å². The third-order valence-corrected chi connectivity index (χ3v) is 3.87. The van der Waals surface area contributed by atoms with Crippen LogP contribution in [-0.2, 0) is 12.6 Å². The van der Waals surface area contributed by atoms with E-state index in [-0.39, 0.29) is 24.8 Å². The van der Waals surface area contributed by atoms with Crippen molar-refractivity contribution in [1.82, 2.24) is 10.3 Å². The van der Waals surface area contributed by atoms with Crippen molar-refractivity contribution < 1.29 is 22.7 Å². The minimum absolute atomic E-state index is 0.0485. The number of carbonyl (C=O) groups is 1. The van der Waals surface area contributed by atoms with Crippen LogP contribution >= 0.6 is 11.3 Å². The monoisotopic (exact) mass is 359 g/mol. The van der Waals surface area contributed by atoms with Crippen LogP contribution in [0.5, 0.6) is 5.75 Å². The molecule has 1 aromatic carbocycles. The molecule has 3 N–H and O–H groups in total. The largest absolute Gasteiger partial charge is 0.492 e. The van der Waals surface area contributed by atoms with Gasteiger partial charge in [-0.05, 0) is 24.7 Å². The minimum Gasteiger partial charge on any atom is -0.492 e. The van der Waals surface area contributed by atoms with E-state index >= 15 is 0 Å². The van der Waals surface area contributed by atoms with Crippen molar-refractivity contribution in [3.8, 4) is 5.75 Å². The Morgan fingerprint density at radius 3 is 2.88 bits per heavy atom. The zero-order valence-corrected chi connectivity index (χ0v) is 13.4. The van der Waals surface area contributed by atoms with Crippen LogP contribution in [0.4, 0.5) is 13.2 Å². The fourth-order valence-corrected chi connectivity index (χ4v) is 2.63. The van der Waals surface area contributed by atoms with Gasteiger partial charge in [0.25, 0.3) is 5.91 Å². The highest BCUT2D eigenvalue weighted by Crippen LogP contribution is 2.31. The maximum atomic E-state index is 12.6. The van der Waals surface area contributed by atoms with E-state index in [0.717, 1.165) is 17.1 Å². The summed E-state index contributed by atoms with van der Waals surface area (Å²) in [7, 11) is 0. The van der Waals surface area contributed by atoms with Crippen LogP contribution in [0.1, 0.15) is 21.1 Å². The molecule has 2 rings (SSSR count). The number of benzene rings is 1. The molecule has 1 aromatic heterocycles. The molecule has 0 bridgehead atoms. The number of hydrogen-bond donors (Lipinski definition) is 2. The lowest BCUT2D eigenvalue weighted by Crippen LogP contribution is -2.28. The first-order valence-electron chi connectivity index (χ1n) is 7.13. The molecule has 1 heterocycles. The van der Waals surface area contributed by atoms with Crippen molar-refractivity contribution in [2.24, 2.45) is 5.73 Å². The zero-order chi connectivity index (χ0) is 17.6. The summed E-state index contributed by atoms with van der Waals surface area (Å²) in [6.07, 6.45) is -3.81. The molecule has 2 aromatic rings. The Hall–Kier alpha value is -2.13. The Kier molecular flexibility index (Phi) is 6.16. The van der Waals surface area contributed by atoms with E-state index in [1.165, 1.54) is 23.5 Å². The van der Waals surface area contributed by atoms with Crippen molar-refractivity contribution in [2.75, 3.05) is 19.7 Å². The second kappa shape index (κ2) is 8.11. The first kappa shape index (κ1) is 18.2. The Balaban J connectivity index is 1.79. The number of carbonyl (C=O) groups excluding carboxylic acids is 1. The molecular weight excluding hydrogens is 343 g/mol. The molecule has 0 atom stereocenters. The van der Waals surface area contributed by atoms with E-state index in [1.807, 2.05) is 0 Å². The molecule has 0 unspecified atom stereocenters. The van der Waals surface area contributed by atoms with E-state index < -0.39 is 11.7 Å². The standard InChI is InChI=1S/C15H16F3N3O2S/c16-15(17,18)10-2-1-3-11(8-10)23-7-6-20-14(22)12-9-24-13(21-12)4-5-19/h1-3,8-9H,4-7,19H2,(H,20,22). The Morgan fingerprint density at radius 1 is 1.38 bits per heavy atom. The van der Waals surface area contributed by atoms with Crippen LogP contribution in [-0.4, -0.2) is 30.6 Å². The van der Waals surface area contributed by atoms with Crippen LogP contribution in [0.25, 0.3) is 0 Å². The summed E-state index contributed by atoms with van der Waals surface area (Å²) in [5, 5.41) is 5.01. The Morgan fingerprint density at radius 2 is 2.17 bits per heavy atom. The molecule has 5 nitrogen and oxygen atoms in total. The fraction of sp³-hybridized carbons (Fsp3) is 0.333. The number of alkyl halides is 3. The van der Waals surface area contributed by atoms with E-state index in [4.69, 9.17) is 10.5 Å². The summed E-state index contributed by atoms with van der Waals surface area (Å²) in [6, 6.07) is 4.58. The maximum absolute atomic E-state index is 12.6. The average Bonchev–Trinajstić information content (AvgIpc) is 3.00. The van der Waals surface area contributed by atoms with E-state index in [0.29, 0.717) is 18.7 Å². The van der Waals surface area contributed by atoms with Gasteiger partial charge in [-0.15, -0.1) is 11.3 Å². The summed E-state index contributed by atoms with van der Waals surface area (Å²) in [6.45, 7) is 0.658. The average molecular weight is 359 g/mol. The molecule has 0 aliphatic rings. The lowest BCUT2D eigenvalue weighted by Gasteiger charge is -2.10. The second-order valence-corrected chi connectivity index (χ2v) is 5.74. The van der Waals surface area contributed by atoms with Gasteiger partial charge in [-0.3, -0.25) is 4.79 Å². The van der Waals surface area contributed by atoms with Gasteiger partial charge in [0.05, 0.1) is 17.1 Å². The smallest absolute Gasteiger partial charge is 0.416 e. The van der Waals surface area contributed by atoms with Crippen molar-refractivity contribution >= 4 is 17.2 Å². The van der Waals surface area contributed by atoms with Gasteiger partial charge in [0, 0.05) is 11.8 Å². The first-order valence-corrected chi connectivity index (χ1v) is 8.01. The maximum Gasteiger partial charge on any atom is 0.416 e. The first-order chi connectivity index (χ1) is 11.4. The number of hydrogen-bond acceptors (Lipinski definition) is 5. The molecule has 0 radical (unpaired) electrons. The zero-order valence-electron chi connectivity index (χ0n) is 12.6. The number of amides is 1. The summed E-state index contributed by atoms with van der Waals surface area (Å²) >= 11 is 1.35. The van der Waals surface area contributed by atoms with Crippen LogP contribution in [0.15, 0.2) is 29.6 Å². The normalized spacial score (nSPS) is 11.3. The molecular formula is C15H16F3N3O2S. The van der Waals surface area contributed by atoms with Gasteiger partial charge >= 0.3 is 6.18 Å². The lowest BCUT2D eigenvalue weighted by atomic mass is 10.2. The molecule has 0 aliphatic heterocycles. The van der Waals surface area contributed by atoms with E-state index in [2.05, 4.69) is 10.3 Å². The third kappa shape index (κ3) is 5.20. The van der Waals surface area contributed by atoms with Crippen LogP contribution in [0.2, 0.25) is 0 Å². The second-order valence-electron chi connectivity index (χ2n) is 4.80. The molecule has 9 heteroatoms. The van der Waals surface area contributed by atoms with Crippen molar-refractivity contribution in [3.05, 3.63) is 45.9 Å². The van der Waals surface area contributed by atoms with Crippen LogP contribution in [0.3, 0.4) is 0 Å². The summed E-state index contributed by atoms with van der Waals surface area (Å²) in [4.78, 5) is 16.0. The summed E-state index contributed by atoms with van der Waals surface area (Å²) in [5.74, 6) is -0.264. The number of ether oxygens (including phenoxy) is 1. The highest BCUT2D eigenvalue weighted by atomic mass is 32.1. The van der Waals surface area contributed by atoms with Gasteiger partial charge in [-0.25, -0.2) is 4.98 Å². The SMILES string of the molecule is NCCc1nc(C(=O)NCCOc2cccc(C(F)(F)F)c2)cs1. The predicted octanol–water partition coefficient (Wildman–Crippen LogP) is 2.47. The summed E-state index contributed by atoms with van der Waals surface area (Å²) < 4.78 is 43.0. The molecule has 130 valence electrons. The van der Waals surface area contributed by atoms with Gasteiger partial charge in [0.1, 0.15) is 18.1 Å². The third-order valence-electron chi connectivity index (χ3n) is 2.96. The number of thiazole rings is 1. The molecule has 0 spiro atoms. The summed E-state index contributed by atoms with van der Waals surface area (Å²) in [5.41, 5.74) is 4.93. The number of nitrogens with one attached hydrogen (secondary N) is 1. The fourth-order valence-electron chi connectivity index (χ4n) is 1.84. The molecule has 1 amide bonds. The quantitative estimate of drug-likeness (QED) is 0.745. The Bertz CT molecular complexity index is 689. The highest BCUT2D eigenvalue weighted by Gasteiger charge is 2.30. The lowest BCUT2D eigenvalue weighted by molar-refractivity contribution is -0.137. The molecule has 0 aliphatic carbocycles. The molecule has 0 fully saturated rings. The van der Waals surface area contributed by atoms with Gasteiger partial charge in [-0.2, -0.15) is 13.2 Å². The van der Waals surface area contributed by atoms with Crippen LogP contribution < -0.4 is 15.8 Å². The van der Waals surface area contributed by atoms with Crippen molar-refractivity contribution in [1.29, 1.82) is 0 Å². The molecule has 0 saturated carbocycles. The predicted molar refractivity (Wildman–Crippen MR) is 84.1 cm³/mol. The highest BCUT2D eigenvalue weighted by molar-refractivity contribution is 7.09. The minimum atomic E-state index is -4.42. The van der Waals surface area contributed by atoms with Gasteiger partial charge < -0.3 is 15.8 Å². The van der Waals surface area contributed by atoms with Gasteiger partial charge in [0.2, 0.25) is 0 Å². The number of nitrogens with two attached hydrogens (primary N) is 1. The number of rotatable bonds is 7. The number of nitrogens with zero attached hydrogens (tertiary/aromatic N) is 1. The topological polar surface area (TPSA) is 77.2 Å². The number of halogens is 3.